The van der Waals surface area contributed by atoms with E-state index in [1.807, 2.05) is 0 Å². The molecule has 0 aromatic carbocycles. The summed E-state index contributed by atoms with van der Waals surface area (Å²) >= 11 is 2.90. The number of carbonyl (C=O) groups is 1. The Morgan fingerprint density at radius 2 is 2.11 bits per heavy atom. The van der Waals surface area contributed by atoms with Crippen LogP contribution in [0.4, 0.5) is 0 Å². The Kier molecular flexibility index (Phi) is 3.54. The molecule has 0 fully saturated rings. The Balaban J connectivity index is 3.65. The van der Waals surface area contributed by atoms with Crippen LogP contribution in [0, 0.1) is 0 Å². The first kappa shape index (κ1) is 8.69. The minimum atomic E-state index is -0.398. The molecule has 0 spiro atoms. The Morgan fingerprint density at radius 1 is 1.67 bits per heavy atom. The predicted molar refractivity (Wildman–Crippen MR) is 39.3 cm³/mol. The zero-order valence-electron chi connectivity index (χ0n) is 5.48. The van der Waals surface area contributed by atoms with Gasteiger partial charge in [0.15, 0.2) is 0 Å². The van der Waals surface area contributed by atoms with Gasteiger partial charge in [-0.25, -0.2) is 4.79 Å². The highest BCUT2D eigenvalue weighted by Gasteiger charge is 2.05. The molecule has 0 aromatic heterocycles. The normalized spacial score (nSPS) is 9.33. The van der Waals surface area contributed by atoms with Gasteiger partial charge in [0.2, 0.25) is 0 Å². The first-order chi connectivity index (χ1) is 4.04. The van der Waals surface area contributed by atoms with Crippen LogP contribution in [-0.2, 0) is 9.53 Å². The second kappa shape index (κ2) is 3.67. The average molecular weight is 193 g/mol. The van der Waals surface area contributed by atoms with Gasteiger partial charge in [-0.1, -0.05) is 6.58 Å². The first-order valence-electron chi connectivity index (χ1n) is 2.59. The fraction of sp³-hybridized carbons (Fsp3) is 0.500. The molecule has 3 heteroatoms. The van der Waals surface area contributed by atoms with Crippen LogP contribution in [0.5, 0.6) is 0 Å². The van der Waals surface area contributed by atoms with E-state index in [1.165, 1.54) is 0 Å². The van der Waals surface area contributed by atoms with Crippen LogP contribution in [0.3, 0.4) is 0 Å². The number of carbonyl (C=O) groups excluding carboxylic acids is 1. The lowest BCUT2D eigenvalue weighted by Crippen LogP contribution is -2.10. The number of halogens is 1. The van der Waals surface area contributed by atoms with Crippen molar-refractivity contribution in [2.75, 3.05) is 0 Å². The van der Waals surface area contributed by atoms with E-state index in [2.05, 4.69) is 22.5 Å². The number of rotatable bonds is 2. The van der Waals surface area contributed by atoms with Gasteiger partial charge in [-0.3, -0.25) is 0 Å². The number of hydrogen-bond acceptors (Lipinski definition) is 2. The second-order valence-electron chi connectivity index (χ2n) is 1.86. The van der Waals surface area contributed by atoms with Gasteiger partial charge in [-0.2, -0.15) is 0 Å². The van der Waals surface area contributed by atoms with Crippen molar-refractivity contribution < 1.29 is 9.53 Å². The van der Waals surface area contributed by atoms with Gasteiger partial charge in [-0.05, 0) is 29.8 Å². The van der Waals surface area contributed by atoms with Gasteiger partial charge in [0.05, 0.1) is 10.6 Å². The van der Waals surface area contributed by atoms with Crippen molar-refractivity contribution in [2.24, 2.45) is 0 Å². The Hall–Kier alpha value is -0.310. The second-order valence-corrected chi connectivity index (χ2v) is 2.82. The lowest BCUT2D eigenvalue weighted by atomic mass is 10.5. The highest BCUT2D eigenvalue weighted by Crippen LogP contribution is 2.04. The minimum Gasteiger partial charge on any atom is -0.459 e. The summed E-state index contributed by atoms with van der Waals surface area (Å²) in [5.41, 5.74) is 0. The van der Waals surface area contributed by atoms with Crippen LogP contribution in [-0.4, -0.2) is 12.1 Å². The minimum absolute atomic E-state index is 0.0770. The molecule has 0 heterocycles. The Bertz CT molecular complexity index is 129. The third-order valence-electron chi connectivity index (χ3n) is 0.564. The Labute approximate surface area is 63.0 Å². The zero-order chi connectivity index (χ0) is 7.44. The Morgan fingerprint density at radius 3 is 2.22 bits per heavy atom. The van der Waals surface area contributed by atoms with Crippen molar-refractivity contribution >= 4 is 21.9 Å². The van der Waals surface area contributed by atoms with E-state index in [9.17, 15) is 4.79 Å². The lowest BCUT2D eigenvalue weighted by molar-refractivity contribution is -0.141. The van der Waals surface area contributed by atoms with Crippen molar-refractivity contribution in [3.8, 4) is 0 Å². The van der Waals surface area contributed by atoms with Crippen LogP contribution in [0.15, 0.2) is 11.1 Å². The van der Waals surface area contributed by atoms with Gasteiger partial charge in [0, 0.05) is 0 Å². The maximum Gasteiger partial charge on any atom is 0.344 e. The molecule has 0 saturated heterocycles. The number of esters is 1. The third kappa shape index (κ3) is 4.21. The fourth-order valence-corrected chi connectivity index (χ4v) is 0.371. The maximum absolute atomic E-state index is 10.6. The number of hydrogen-bond donors (Lipinski definition) is 0. The molecule has 0 aliphatic carbocycles. The molecule has 0 aliphatic heterocycles. The molecule has 0 rings (SSSR count). The number of ether oxygens (including phenoxy) is 1. The predicted octanol–water partition coefficient (Wildman–Crippen LogP) is 1.85. The molecule has 9 heavy (non-hydrogen) atoms. The molecule has 0 aliphatic rings. The van der Waals surface area contributed by atoms with Gasteiger partial charge >= 0.3 is 5.97 Å². The summed E-state index contributed by atoms with van der Waals surface area (Å²) in [4.78, 5) is 10.6. The molecule has 52 valence electrons. The smallest absolute Gasteiger partial charge is 0.344 e. The quantitative estimate of drug-likeness (QED) is 0.494. The molecule has 0 bridgehead atoms. The molecule has 0 amide bonds. The highest BCUT2D eigenvalue weighted by atomic mass is 79.9. The monoisotopic (exact) mass is 192 g/mol. The van der Waals surface area contributed by atoms with Gasteiger partial charge in [0.1, 0.15) is 0 Å². The van der Waals surface area contributed by atoms with Crippen molar-refractivity contribution in [1.82, 2.24) is 0 Å². The molecule has 0 N–H and O–H groups in total. The van der Waals surface area contributed by atoms with E-state index >= 15 is 0 Å². The molecule has 0 aromatic rings. The van der Waals surface area contributed by atoms with Crippen LogP contribution in [0.2, 0.25) is 0 Å². The van der Waals surface area contributed by atoms with Gasteiger partial charge in [0.25, 0.3) is 0 Å². The SMILES string of the molecule is C=C(Br)C(=O)OC(C)C. The van der Waals surface area contributed by atoms with E-state index in [0.717, 1.165) is 0 Å². The summed E-state index contributed by atoms with van der Waals surface area (Å²) in [5.74, 6) is -0.398. The van der Waals surface area contributed by atoms with E-state index < -0.39 is 5.97 Å². The molecule has 0 atom stereocenters. The van der Waals surface area contributed by atoms with Gasteiger partial charge < -0.3 is 4.74 Å². The topological polar surface area (TPSA) is 26.3 Å². The standard InChI is InChI=1S/C6H9BrO2/c1-4(2)9-6(8)5(3)7/h4H,3H2,1-2H3. The summed E-state index contributed by atoms with van der Waals surface area (Å²) in [6.45, 7) is 6.92. The molecule has 2 nitrogen and oxygen atoms in total. The molecular formula is C6H9BrO2. The van der Waals surface area contributed by atoms with E-state index in [0.29, 0.717) is 0 Å². The summed E-state index contributed by atoms with van der Waals surface area (Å²) in [6, 6.07) is 0. The fourth-order valence-electron chi connectivity index (χ4n) is 0.278. The molecular weight excluding hydrogens is 184 g/mol. The summed E-state index contributed by atoms with van der Waals surface area (Å²) in [6.07, 6.45) is -0.0770. The third-order valence-corrected chi connectivity index (χ3v) is 0.888. The zero-order valence-corrected chi connectivity index (χ0v) is 7.06. The lowest BCUT2D eigenvalue weighted by Gasteiger charge is -2.04. The van der Waals surface area contributed by atoms with Crippen molar-refractivity contribution in [3.05, 3.63) is 11.1 Å². The summed E-state index contributed by atoms with van der Waals surface area (Å²) < 4.78 is 4.99. The van der Waals surface area contributed by atoms with E-state index in [1.54, 1.807) is 13.8 Å². The van der Waals surface area contributed by atoms with Crippen LogP contribution in [0.1, 0.15) is 13.8 Å². The average Bonchev–Trinajstić information content (AvgIpc) is 1.63. The molecule has 0 saturated carbocycles. The highest BCUT2D eigenvalue weighted by molar-refractivity contribution is 9.12. The van der Waals surface area contributed by atoms with Gasteiger partial charge in [-0.15, -0.1) is 0 Å². The van der Waals surface area contributed by atoms with E-state index in [-0.39, 0.29) is 10.6 Å². The summed E-state index contributed by atoms with van der Waals surface area (Å²) in [5, 5.41) is 0. The van der Waals surface area contributed by atoms with Crippen molar-refractivity contribution in [2.45, 2.75) is 20.0 Å². The first-order valence-corrected chi connectivity index (χ1v) is 3.38. The van der Waals surface area contributed by atoms with Crippen molar-refractivity contribution in [3.63, 3.8) is 0 Å². The van der Waals surface area contributed by atoms with Crippen LogP contribution >= 0.6 is 15.9 Å². The maximum atomic E-state index is 10.6. The molecule has 0 radical (unpaired) electrons. The van der Waals surface area contributed by atoms with Crippen LogP contribution < -0.4 is 0 Å². The summed E-state index contributed by atoms with van der Waals surface area (Å²) in [7, 11) is 0. The van der Waals surface area contributed by atoms with Crippen LogP contribution in [0.25, 0.3) is 0 Å². The van der Waals surface area contributed by atoms with E-state index in [4.69, 9.17) is 4.74 Å². The van der Waals surface area contributed by atoms with Crippen molar-refractivity contribution in [1.29, 1.82) is 0 Å². The molecule has 0 unspecified atom stereocenters. The largest absolute Gasteiger partial charge is 0.459 e.